The van der Waals surface area contributed by atoms with Gasteiger partial charge in [-0.15, -0.1) is 0 Å². The van der Waals surface area contributed by atoms with Crippen LogP contribution in [0.5, 0.6) is 0 Å². The number of carbonyl (C=O) groups excluding carboxylic acids is 1. The van der Waals surface area contributed by atoms with Crippen molar-refractivity contribution in [2.75, 3.05) is 26.2 Å². The Kier molecular flexibility index (Phi) is 4.36. The minimum absolute atomic E-state index is 0.0191. The number of likely N-dealkylation sites (tertiary alicyclic amines) is 1. The first-order valence-corrected chi connectivity index (χ1v) is 4.84. The highest BCUT2D eigenvalue weighted by molar-refractivity contribution is 5.78. The monoisotopic (exact) mass is 196 g/mol. The van der Waals surface area contributed by atoms with Crippen molar-refractivity contribution in [1.82, 2.24) is 10.2 Å². The molecule has 3 N–H and O–H groups in total. The Labute approximate surface area is 83.9 Å². The summed E-state index contributed by atoms with van der Waals surface area (Å²) >= 11 is 0. The molecule has 0 aromatic carbocycles. The van der Waals surface area contributed by atoms with Crippen molar-refractivity contribution >= 4 is 5.91 Å². The van der Waals surface area contributed by atoms with Gasteiger partial charge in [0.2, 0.25) is 5.91 Å². The third-order valence-corrected chi connectivity index (χ3v) is 2.24. The Morgan fingerprint density at radius 2 is 2.50 bits per heavy atom. The number of hydrogen-bond donors (Lipinski definition) is 2. The summed E-state index contributed by atoms with van der Waals surface area (Å²) in [5.74, 6) is -0.0191. The van der Waals surface area contributed by atoms with Crippen LogP contribution in [0.3, 0.4) is 0 Å². The van der Waals surface area contributed by atoms with Gasteiger partial charge in [0.25, 0.3) is 0 Å². The molecule has 0 aromatic heterocycles. The van der Waals surface area contributed by atoms with E-state index in [1.165, 1.54) is 0 Å². The van der Waals surface area contributed by atoms with E-state index < -0.39 is 0 Å². The molecular weight excluding hydrogens is 180 g/mol. The molecule has 0 bridgehead atoms. The Hall–Kier alpha value is -1.12. The van der Waals surface area contributed by atoms with Gasteiger partial charge < -0.3 is 11.1 Å². The third-order valence-electron chi connectivity index (χ3n) is 2.24. The molecule has 1 amide bonds. The molecule has 1 aliphatic rings. The lowest BCUT2D eigenvalue weighted by molar-refractivity contribution is -0.121. The largest absolute Gasteiger partial charge is 0.354 e. The van der Waals surface area contributed by atoms with Gasteiger partial charge in [-0.25, -0.2) is 0 Å². The van der Waals surface area contributed by atoms with E-state index in [2.05, 4.69) is 5.32 Å². The van der Waals surface area contributed by atoms with Gasteiger partial charge in [-0.3, -0.25) is 9.69 Å². The van der Waals surface area contributed by atoms with Gasteiger partial charge in [0.15, 0.2) is 0 Å². The zero-order chi connectivity index (χ0) is 10.4. The first kappa shape index (κ1) is 11.0. The molecule has 5 heteroatoms. The van der Waals surface area contributed by atoms with E-state index in [4.69, 9.17) is 11.0 Å². The number of nitrogens with one attached hydrogen (secondary N) is 1. The standard InChI is InChI=1S/C9H16N4O/c10-3-1-4-12-9(14)7-13-5-2-8(11)6-13/h8H,1-2,4-7,11H2,(H,12,14)/t8-/m0/s1. The zero-order valence-corrected chi connectivity index (χ0v) is 8.20. The summed E-state index contributed by atoms with van der Waals surface area (Å²) in [7, 11) is 0. The predicted molar refractivity (Wildman–Crippen MR) is 52.3 cm³/mol. The average molecular weight is 196 g/mol. The molecule has 1 heterocycles. The van der Waals surface area contributed by atoms with E-state index in [1.54, 1.807) is 0 Å². The molecule has 1 atom stereocenters. The number of nitrogens with zero attached hydrogens (tertiary/aromatic N) is 2. The van der Waals surface area contributed by atoms with Crippen molar-refractivity contribution in [3.63, 3.8) is 0 Å². The van der Waals surface area contributed by atoms with Crippen LogP contribution in [0, 0.1) is 11.3 Å². The van der Waals surface area contributed by atoms with Gasteiger partial charge in [-0.2, -0.15) is 5.26 Å². The summed E-state index contributed by atoms with van der Waals surface area (Å²) in [6, 6.07) is 2.19. The lowest BCUT2D eigenvalue weighted by Crippen LogP contribution is -2.37. The zero-order valence-electron chi connectivity index (χ0n) is 8.20. The molecule has 1 rings (SSSR count). The molecule has 14 heavy (non-hydrogen) atoms. The number of nitrogens with two attached hydrogens (primary N) is 1. The molecule has 0 saturated carbocycles. The fourth-order valence-electron chi connectivity index (χ4n) is 1.52. The van der Waals surface area contributed by atoms with Crippen molar-refractivity contribution < 1.29 is 4.79 Å². The van der Waals surface area contributed by atoms with E-state index in [9.17, 15) is 4.79 Å². The molecule has 1 saturated heterocycles. The SMILES string of the molecule is N#CCCNC(=O)CN1CC[C@H](N)C1. The maximum absolute atomic E-state index is 11.3. The topological polar surface area (TPSA) is 82.2 Å². The summed E-state index contributed by atoms with van der Waals surface area (Å²) in [5.41, 5.74) is 5.71. The van der Waals surface area contributed by atoms with Gasteiger partial charge >= 0.3 is 0 Å². The Balaban J connectivity index is 2.11. The highest BCUT2D eigenvalue weighted by Gasteiger charge is 2.20. The minimum Gasteiger partial charge on any atom is -0.354 e. The van der Waals surface area contributed by atoms with Crippen molar-refractivity contribution in [2.24, 2.45) is 5.73 Å². The molecule has 0 radical (unpaired) electrons. The molecule has 5 nitrogen and oxygen atoms in total. The summed E-state index contributed by atoms with van der Waals surface area (Å²) in [6.45, 7) is 2.53. The number of rotatable bonds is 4. The third kappa shape index (κ3) is 3.73. The van der Waals surface area contributed by atoms with E-state index in [-0.39, 0.29) is 11.9 Å². The second kappa shape index (κ2) is 5.58. The molecule has 0 aromatic rings. The quantitative estimate of drug-likeness (QED) is 0.568. The molecule has 1 aliphatic heterocycles. The fraction of sp³-hybridized carbons (Fsp3) is 0.778. The van der Waals surface area contributed by atoms with Gasteiger partial charge in [-0.1, -0.05) is 0 Å². The summed E-state index contributed by atoms with van der Waals surface area (Å²) in [5, 5.41) is 11.0. The molecule has 0 aliphatic carbocycles. The van der Waals surface area contributed by atoms with Gasteiger partial charge in [-0.05, 0) is 6.42 Å². The smallest absolute Gasteiger partial charge is 0.234 e. The van der Waals surface area contributed by atoms with Crippen LogP contribution >= 0.6 is 0 Å². The highest BCUT2D eigenvalue weighted by atomic mass is 16.2. The van der Waals surface area contributed by atoms with E-state index >= 15 is 0 Å². The van der Waals surface area contributed by atoms with Gasteiger partial charge in [0, 0.05) is 25.7 Å². The van der Waals surface area contributed by atoms with Crippen LogP contribution in [0.25, 0.3) is 0 Å². The Morgan fingerprint density at radius 3 is 3.07 bits per heavy atom. The van der Waals surface area contributed by atoms with Gasteiger partial charge in [0.05, 0.1) is 19.0 Å². The number of hydrogen-bond acceptors (Lipinski definition) is 4. The Bertz CT molecular complexity index is 235. The summed E-state index contributed by atoms with van der Waals surface area (Å²) in [4.78, 5) is 13.3. The molecule has 0 unspecified atom stereocenters. The molecule has 0 spiro atoms. The van der Waals surface area contributed by atoms with E-state index in [1.807, 2.05) is 11.0 Å². The number of nitriles is 1. The minimum atomic E-state index is -0.0191. The first-order chi connectivity index (χ1) is 6.72. The van der Waals surface area contributed by atoms with Crippen LogP contribution in [0.2, 0.25) is 0 Å². The first-order valence-electron chi connectivity index (χ1n) is 4.84. The maximum atomic E-state index is 11.3. The predicted octanol–water partition coefficient (Wildman–Crippen LogP) is -0.951. The van der Waals surface area contributed by atoms with Crippen molar-refractivity contribution in [3.8, 4) is 6.07 Å². The number of carbonyl (C=O) groups is 1. The molecular formula is C9H16N4O. The highest BCUT2D eigenvalue weighted by Crippen LogP contribution is 2.05. The van der Waals surface area contributed by atoms with Crippen LogP contribution < -0.4 is 11.1 Å². The van der Waals surface area contributed by atoms with E-state index in [0.717, 1.165) is 19.5 Å². The molecule has 78 valence electrons. The number of amides is 1. The second-order valence-corrected chi connectivity index (χ2v) is 3.54. The average Bonchev–Trinajstić information content (AvgIpc) is 2.52. The van der Waals surface area contributed by atoms with E-state index in [0.29, 0.717) is 19.5 Å². The van der Waals surface area contributed by atoms with Crippen LogP contribution in [0.15, 0.2) is 0 Å². The summed E-state index contributed by atoms with van der Waals surface area (Å²) < 4.78 is 0. The maximum Gasteiger partial charge on any atom is 0.234 e. The fourth-order valence-corrected chi connectivity index (χ4v) is 1.52. The van der Waals surface area contributed by atoms with Crippen LogP contribution in [0.1, 0.15) is 12.8 Å². The van der Waals surface area contributed by atoms with Gasteiger partial charge in [0.1, 0.15) is 0 Å². The van der Waals surface area contributed by atoms with Crippen molar-refractivity contribution in [2.45, 2.75) is 18.9 Å². The normalized spacial score (nSPS) is 21.9. The van der Waals surface area contributed by atoms with Crippen LogP contribution in [0.4, 0.5) is 0 Å². The van der Waals surface area contributed by atoms with Crippen molar-refractivity contribution in [1.29, 1.82) is 5.26 Å². The summed E-state index contributed by atoms with van der Waals surface area (Å²) in [6.07, 6.45) is 1.33. The molecule has 1 fully saturated rings. The van der Waals surface area contributed by atoms with Crippen LogP contribution in [-0.2, 0) is 4.79 Å². The Morgan fingerprint density at radius 1 is 1.71 bits per heavy atom. The lowest BCUT2D eigenvalue weighted by atomic mass is 10.3. The van der Waals surface area contributed by atoms with Crippen molar-refractivity contribution in [3.05, 3.63) is 0 Å². The second-order valence-electron chi connectivity index (χ2n) is 3.54. The van der Waals surface area contributed by atoms with Crippen LogP contribution in [-0.4, -0.2) is 43.0 Å². The lowest BCUT2D eigenvalue weighted by Gasteiger charge is -2.13.